The van der Waals surface area contributed by atoms with E-state index in [4.69, 9.17) is 13.9 Å². The molecule has 0 aliphatic carbocycles. The summed E-state index contributed by atoms with van der Waals surface area (Å²) in [6, 6.07) is 9.02. The van der Waals surface area contributed by atoms with Crippen molar-refractivity contribution in [1.82, 2.24) is 0 Å². The summed E-state index contributed by atoms with van der Waals surface area (Å²) in [6.07, 6.45) is 0.857. The predicted molar refractivity (Wildman–Crippen MR) is 83.0 cm³/mol. The predicted octanol–water partition coefficient (Wildman–Crippen LogP) is 2.18. The Hall–Kier alpha value is -3.09. The van der Waals surface area contributed by atoms with Crippen LogP contribution in [0.5, 0.6) is 5.75 Å². The zero-order chi connectivity index (χ0) is 17.5. The minimum atomic E-state index is -0.885. The molecule has 1 heterocycles. The molecule has 0 spiro atoms. The molecule has 0 aliphatic heterocycles. The molecule has 1 aromatic carbocycles. The fourth-order valence-corrected chi connectivity index (χ4v) is 1.90. The van der Waals surface area contributed by atoms with Crippen LogP contribution in [0.1, 0.15) is 33.4 Å². The molecule has 0 bridgehead atoms. The fourth-order valence-electron chi connectivity index (χ4n) is 1.90. The Balaban J connectivity index is 2.41. The largest absolute Gasteiger partial charge is 0.481 e. The lowest BCUT2D eigenvalue weighted by Gasteiger charge is -2.10. The zero-order valence-corrected chi connectivity index (χ0v) is 13.2. The second-order valence-electron chi connectivity index (χ2n) is 4.62. The summed E-state index contributed by atoms with van der Waals surface area (Å²) in [7, 11) is 1.13. The number of hydrogen-bond acceptors (Lipinski definition) is 7. The summed E-state index contributed by atoms with van der Waals surface area (Å²) in [4.78, 5) is 36.0. The van der Waals surface area contributed by atoms with E-state index in [1.165, 1.54) is 0 Å². The van der Waals surface area contributed by atoms with Gasteiger partial charge in [0.1, 0.15) is 18.4 Å². The van der Waals surface area contributed by atoms with E-state index in [9.17, 15) is 14.4 Å². The van der Waals surface area contributed by atoms with E-state index in [2.05, 4.69) is 4.74 Å². The third kappa shape index (κ3) is 3.81. The Bertz CT molecular complexity index is 777. The molecule has 0 radical (unpaired) electrons. The van der Waals surface area contributed by atoms with Crippen LogP contribution in [0, 0.1) is 0 Å². The minimum Gasteiger partial charge on any atom is -0.481 e. The molecule has 0 unspecified atom stereocenters. The van der Waals surface area contributed by atoms with Crippen molar-refractivity contribution in [2.24, 2.45) is 0 Å². The van der Waals surface area contributed by atoms with Crippen LogP contribution in [-0.4, -0.2) is 25.7 Å². The first kappa shape index (κ1) is 17.3. The van der Waals surface area contributed by atoms with Crippen LogP contribution in [0.4, 0.5) is 0 Å². The lowest BCUT2D eigenvalue weighted by Crippen LogP contribution is -2.21. The molecule has 126 valence electrons. The first-order valence-electron chi connectivity index (χ1n) is 7.16. The van der Waals surface area contributed by atoms with Crippen molar-refractivity contribution in [3.63, 3.8) is 0 Å². The van der Waals surface area contributed by atoms with E-state index >= 15 is 0 Å². The SMILES string of the molecule is CCOC(=O)c1occ(C(=O)OC)c(=O)c1OCc1ccccc1. The third-order valence-electron chi connectivity index (χ3n) is 3.04. The lowest BCUT2D eigenvalue weighted by atomic mass is 10.2. The molecule has 2 rings (SSSR count). The Morgan fingerprint density at radius 2 is 1.83 bits per heavy atom. The normalized spacial score (nSPS) is 10.1. The number of benzene rings is 1. The Morgan fingerprint density at radius 3 is 2.46 bits per heavy atom. The summed E-state index contributed by atoms with van der Waals surface area (Å²) in [6.45, 7) is 1.73. The highest BCUT2D eigenvalue weighted by atomic mass is 16.6. The quantitative estimate of drug-likeness (QED) is 0.749. The van der Waals surface area contributed by atoms with E-state index in [-0.39, 0.29) is 24.5 Å². The average molecular weight is 332 g/mol. The number of methoxy groups -OCH3 is 1. The molecule has 0 N–H and O–H groups in total. The number of carbonyl (C=O) groups excluding carboxylic acids is 2. The van der Waals surface area contributed by atoms with Crippen LogP contribution < -0.4 is 10.2 Å². The number of esters is 2. The standard InChI is InChI=1S/C17H16O7/c1-3-22-17(20)15-14(23-9-11-7-5-4-6-8-11)13(18)12(10-24-15)16(19)21-2/h4-8,10H,3,9H2,1-2H3. The van der Waals surface area contributed by atoms with Crippen LogP contribution in [-0.2, 0) is 16.1 Å². The van der Waals surface area contributed by atoms with Gasteiger partial charge in [-0.2, -0.15) is 0 Å². The highest BCUT2D eigenvalue weighted by Crippen LogP contribution is 2.18. The van der Waals surface area contributed by atoms with Crippen molar-refractivity contribution < 1.29 is 28.2 Å². The second kappa shape index (κ2) is 7.96. The van der Waals surface area contributed by atoms with Crippen LogP contribution in [0.3, 0.4) is 0 Å². The Morgan fingerprint density at radius 1 is 1.12 bits per heavy atom. The molecule has 0 amide bonds. The molecular weight excluding hydrogens is 316 g/mol. The summed E-state index contributed by atoms with van der Waals surface area (Å²) in [5, 5.41) is 0. The van der Waals surface area contributed by atoms with Crippen LogP contribution in [0.2, 0.25) is 0 Å². The van der Waals surface area contributed by atoms with E-state index < -0.39 is 23.1 Å². The molecule has 0 fully saturated rings. The Labute approximate surface area is 137 Å². The van der Waals surface area contributed by atoms with Gasteiger partial charge in [-0.3, -0.25) is 4.79 Å². The van der Waals surface area contributed by atoms with E-state index in [0.717, 1.165) is 18.9 Å². The van der Waals surface area contributed by atoms with Gasteiger partial charge in [-0.25, -0.2) is 9.59 Å². The van der Waals surface area contributed by atoms with Gasteiger partial charge >= 0.3 is 11.9 Å². The molecule has 0 saturated heterocycles. The van der Waals surface area contributed by atoms with Gasteiger partial charge in [-0.1, -0.05) is 30.3 Å². The second-order valence-corrected chi connectivity index (χ2v) is 4.62. The van der Waals surface area contributed by atoms with Gasteiger partial charge in [-0.15, -0.1) is 0 Å². The molecule has 24 heavy (non-hydrogen) atoms. The van der Waals surface area contributed by atoms with E-state index in [1.807, 2.05) is 6.07 Å². The van der Waals surface area contributed by atoms with Crippen LogP contribution in [0.15, 0.2) is 45.8 Å². The van der Waals surface area contributed by atoms with Gasteiger partial charge in [0.05, 0.1) is 13.7 Å². The lowest BCUT2D eigenvalue weighted by molar-refractivity contribution is 0.0471. The molecule has 7 heteroatoms. The molecule has 7 nitrogen and oxygen atoms in total. The minimum absolute atomic E-state index is 0.0165. The van der Waals surface area contributed by atoms with Crippen LogP contribution >= 0.6 is 0 Å². The summed E-state index contributed by atoms with van der Waals surface area (Å²) in [5.41, 5.74) is -0.393. The molecule has 0 saturated carbocycles. The Kier molecular flexibility index (Phi) is 5.73. The van der Waals surface area contributed by atoms with E-state index in [0.29, 0.717) is 0 Å². The first-order valence-corrected chi connectivity index (χ1v) is 7.16. The first-order chi connectivity index (χ1) is 11.6. The van der Waals surface area contributed by atoms with Crippen LogP contribution in [0.25, 0.3) is 0 Å². The highest BCUT2D eigenvalue weighted by Gasteiger charge is 2.25. The van der Waals surface area contributed by atoms with Gasteiger partial charge in [0.25, 0.3) is 5.76 Å². The monoisotopic (exact) mass is 332 g/mol. The summed E-state index contributed by atoms with van der Waals surface area (Å²) in [5.74, 6) is -2.52. The molecular formula is C17H16O7. The summed E-state index contributed by atoms with van der Waals surface area (Å²) >= 11 is 0. The van der Waals surface area contributed by atoms with Gasteiger partial charge in [0.2, 0.25) is 11.2 Å². The topological polar surface area (TPSA) is 92.0 Å². The molecule has 1 aromatic heterocycles. The fraction of sp³-hybridized carbons (Fsp3) is 0.235. The number of ether oxygens (including phenoxy) is 3. The molecule has 0 atom stereocenters. The maximum Gasteiger partial charge on any atom is 0.378 e. The number of hydrogen-bond donors (Lipinski definition) is 0. The van der Waals surface area contributed by atoms with Crippen molar-refractivity contribution >= 4 is 11.9 Å². The summed E-state index contributed by atoms with van der Waals surface area (Å²) < 4.78 is 19.9. The third-order valence-corrected chi connectivity index (χ3v) is 3.04. The van der Waals surface area contributed by atoms with Gasteiger partial charge in [0, 0.05) is 0 Å². The van der Waals surface area contributed by atoms with E-state index in [1.54, 1.807) is 31.2 Å². The van der Waals surface area contributed by atoms with Crippen molar-refractivity contribution in [2.45, 2.75) is 13.5 Å². The number of carbonyl (C=O) groups is 2. The number of rotatable bonds is 6. The average Bonchev–Trinajstić information content (AvgIpc) is 2.60. The van der Waals surface area contributed by atoms with Crippen molar-refractivity contribution in [3.05, 3.63) is 63.7 Å². The van der Waals surface area contributed by atoms with Gasteiger partial charge < -0.3 is 18.6 Å². The smallest absolute Gasteiger partial charge is 0.378 e. The van der Waals surface area contributed by atoms with Gasteiger partial charge in [0.15, 0.2) is 0 Å². The van der Waals surface area contributed by atoms with Crippen molar-refractivity contribution in [1.29, 1.82) is 0 Å². The van der Waals surface area contributed by atoms with Crippen molar-refractivity contribution in [2.75, 3.05) is 13.7 Å². The highest BCUT2D eigenvalue weighted by molar-refractivity contribution is 5.93. The van der Waals surface area contributed by atoms with Crippen molar-refractivity contribution in [3.8, 4) is 5.75 Å². The maximum atomic E-state index is 12.4. The van der Waals surface area contributed by atoms with Gasteiger partial charge in [-0.05, 0) is 12.5 Å². The molecule has 2 aromatic rings. The zero-order valence-electron chi connectivity index (χ0n) is 13.2. The maximum absolute atomic E-state index is 12.4. The molecule has 0 aliphatic rings.